The Hall–Kier alpha value is -2.30. The fourth-order valence-electron chi connectivity index (χ4n) is 1.53. The Labute approximate surface area is 110 Å². The number of anilines is 1. The maximum atomic E-state index is 12.1. The quantitative estimate of drug-likeness (QED) is 0.816. The number of rotatable bonds is 4. The number of nitriles is 1. The number of nitrogens with two attached hydrogens (primary N) is 1. The molecular weight excluding hydrogens is 266 g/mol. The molecule has 0 saturated heterocycles. The summed E-state index contributed by atoms with van der Waals surface area (Å²) >= 11 is 0. The van der Waals surface area contributed by atoms with Crippen molar-refractivity contribution in [2.75, 3.05) is 5.73 Å². The van der Waals surface area contributed by atoms with Crippen molar-refractivity contribution >= 4 is 15.7 Å². The minimum atomic E-state index is -3.78. The van der Waals surface area contributed by atoms with Gasteiger partial charge in [0.25, 0.3) is 0 Å². The number of nitrogens with one attached hydrogen (secondary N) is 1. The number of sulfonamides is 1. The largest absolute Gasteiger partial charge is 0.468 e. The lowest BCUT2D eigenvalue weighted by atomic mass is 10.2. The van der Waals surface area contributed by atoms with Gasteiger partial charge >= 0.3 is 0 Å². The van der Waals surface area contributed by atoms with Crippen LogP contribution in [-0.4, -0.2) is 8.42 Å². The molecule has 2 rings (SSSR count). The molecule has 0 saturated carbocycles. The van der Waals surface area contributed by atoms with Gasteiger partial charge in [0.15, 0.2) is 0 Å². The SMILES string of the molecule is N#Cc1cc(N)ccc1S(=O)(=O)NCc1ccco1. The Morgan fingerprint density at radius 1 is 1.37 bits per heavy atom. The molecular formula is C12H11N3O3S. The first-order chi connectivity index (χ1) is 9.03. The first kappa shape index (κ1) is 13.1. The van der Waals surface area contributed by atoms with Crippen molar-refractivity contribution in [3.63, 3.8) is 0 Å². The van der Waals surface area contributed by atoms with Crippen LogP contribution in [0.2, 0.25) is 0 Å². The summed E-state index contributed by atoms with van der Waals surface area (Å²) in [5.74, 6) is 0.484. The van der Waals surface area contributed by atoms with Crippen LogP contribution in [0.3, 0.4) is 0 Å². The Morgan fingerprint density at radius 3 is 2.79 bits per heavy atom. The molecule has 0 amide bonds. The number of nitrogens with zero attached hydrogens (tertiary/aromatic N) is 1. The number of hydrogen-bond donors (Lipinski definition) is 2. The summed E-state index contributed by atoms with van der Waals surface area (Å²) in [5, 5.41) is 8.94. The highest BCUT2D eigenvalue weighted by molar-refractivity contribution is 7.89. The molecule has 1 aromatic heterocycles. The second-order valence-electron chi connectivity index (χ2n) is 3.77. The lowest BCUT2D eigenvalue weighted by molar-refractivity contribution is 0.498. The normalized spacial score (nSPS) is 11.1. The standard InChI is InChI=1S/C12H11N3O3S/c13-7-9-6-10(14)3-4-12(9)19(16,17)15-8-11-2-1-5-18-11/h1-6,15H,8,14H2. The van der Waals surface area contributed by atoms with E-state index in [4.69, 9.17) is 15.4 Å². The second-order valence-corrected chi connectivity index (χ2v) is 5.51. The highest BCUT2D eigenvalue weighted by atomic mass is 32.2. The maximum Gasteiger partial charge on any atom is 0.242 e. The van der Waals surface area contributed by atoms with E-state index in [2.05, 4.69) is 4.72 Å². The fraction of sp³-hybridized carbons (Fsp3) is 0.0833. The fourth-order valence-corrected chi connectivity index (χ4v) is 2.66. The molecule has 2 aromatic rings. The molecule has 0 bridgehead atoms. The van der Waals surface area contributed by atoms with Gasteiger partial charge in [0.1, 0.15) is 11.8 Å². The molecule has 98 valence electrons. The lowest BCUT2D eigenvalue weighted by Crippen LogP contribution is -2.23. The highest BCUT2D eigenvalue weighted by Gasteiger charge is 2.18. The zero-order chi connectivity index (χ0) is 13.9. The summed E-state index contributed by atoms with van der Waals surface area (Å²) in [6, 6.07) is 9.18. The van der Waals surface area contributed by atoms with Gasteiger partial charge in [-0.25, -0.2) is 13.1 Å². The summed E-state index contributed by atoms with van der Waals surface area (Å²) in [6.07, 6.45) is 1.45. The number of hydrogen-bond acceptors (Lipinski definition) is 5. The van der Waals surface area contributed by atoms with E-state index in [1.165, 1.54) is 24.5 Å². The van der Waals surface area contributed by atoms with Crippen LogP contribution in [0.15, 0.2) is 45.9 Å². The molecule has 0 atom stereocenters. The second kappa shape index (κ2) is 5.14. The molecule has 6 nitrogen and oxygen atoms in total. The van der Waals surface area contributed by atoms with Gasteiger partial charge in [-0.05, 0) is 30.3 Å². The molecule has 0 aliphatic carbocycles. The van der Waals surface area contributed by atoms with Crippen LogP contribution in [0.5, 0.6) is 0 Å². The Balaban J connectivity index is 2.27. The highest BCUT2D eigenvalue weighted by Crippen LogP contribution is 2.18. The smallest absolute Gasteiger partial charge is 0.242 e. The molecule has 19 heavy (non-hydrogen) atoms. The van der Waals surface area contributed by atoms with E-state index >= 15 is 0 Å². The van der Waals surface area contributed by atoms with Crippen molar-refractivity contribution in [2.45, 2.75) is 11.4 Å². The van der Waals surface area contributed by atoms with Crippen LogP contribution >= 0.6 is 0 Å². The van der Waals surface area contributed by atoms with Gasteiger partial charge in [0.2, 0.25) is 10.0 Å². The third kappa shape index (κ3) is 2.93. The average molecular weight is 277 g/mol. The van der Waals surface area contributed by atoms with Crippen molar-refractivity contribution in [1.82, 2.24) is 4.72 Å². The minimum Gasteiger partial charge on any atom is -0.468 e. The Morgan fingerprint density at radius 2 is 2.16 bits per heavy atom. The average Bonchev–Trinajstić information content (AvgIpc) is 2.89. The predicted octanol–water partition coefficient (Wildman–Crippen LogP) is 1.21. The number of nitrogen functional groups attached to an aromatic ring is 1. The number of benzene rings is 1. The van der Waals surface area contributed by atoms with Gasteiger partial charge in [-0.2, -0.15) is 5.26 Å². The van der Waals surface area contributed by atoms with E-state index in [0.29, 0.717) is 11.4 Å². The van der Waals surface area contributed by atoms with Gasteiger partial charge in [-0.3, -0.25) is 0 Å². The van der Waals surface area contributed by atoms with Crippen LogP contribution in [-0.2, 0) is 16.6 Å². The third-order valence-electron chi connectivity index (χ3n) is 2.43. The van der Waals surface area contributed by atoms with Crippen LogP contribution in [0, 0.1) is 11.3 Å². The van der Waals surface area contributed by atoms with Crippen molar-refractivity contribution in [3.05, 3.63) is 47.9 Å². The molecule has 7 heteroatoms. The topological polar surface area (TPSA) is 109 Å². The zero-order valence-corrected chi connectivity index (χ0v) is 10.6. The van der Waals surface area contributed by atoms with Crippen LogP contribution in [0.1, 0.15) is 11.3 Å². The van der Waals surface area contributed by atoms with E-state index < -0.39 is 10.0 Å². The van der Waals surface area contributed by atoms with Crippen molar-refractivity contribution in [3.8, 4) is 6.07 Å². The van der Waals surface area contributed by atoms with Crippen LogP contribution in [0.4, 0.5) is 5.69 Å². The van der Waals surface area contributed by atoms with E-state index in [0.717, 1.165) is 0 Å². The Bertz CT molecular complexity index is 715. The molecule has 3 N–H and O–H groups in total. The monoisotopic (exact) mass is 277 g/mol. The first-order valence-corrected chi connectivity index (χ1v) is 6.83. The van der Waals surface area contributed by atoms with Crippen LogP contribution < -0.4 is 10.5 Å². The molecule has 0 aliphatic heterocycles. The summed E-state index contributed by atoms with van der Waals surface area (Å²) in [5.41, 5.74) is 5.86. The van der Waals surface area contributed by atoms with Gasteiger partial charge in [-0.15, -0.1) is 0 Å². The summed E-state index contributed by atoms with van der Waals surface area (Å²) in [4.78, 5) is -0.101. The molecule has 0 fully saturated rings. The lowest BCUT2D eigenvalue weighted by Gasteiger charge is -2.07. The molecule has 0 radical (unpaired) electrons. The van der Waals surface area contributed by atoms with E-state index in [-0.39, 0.29) is 17.0 Å². The van der Waals surface area contributed by atoms with Gasteiger partial charge in [0, 0.05) is 5.69 Å². The summed E-state index contributed by atoms with van der Waals surface area (Å²) < 4.78 is 31.5. The summed E-state index contributed by atoms with van der Waals surface area (Å²) in [7, 11) is -3.78. The molecule has 0 aliphatic rings. The first-order valence-electron chi connectivity index (χ1n) is 5.34. The zero-order valence-electron chi connectivity index (χ0n) is 9.83. The van der Waals surface area contributed by atoms with Gasteiger partial charge in [-0.1, -0.05) is 0 Å². The predicted molar refractivity (Wildman–Crippen MR) is 68.3 cm³/mol. The Kier molecular flexibility index (Phi) is 3.55. The van der Waals surface area contributed by atoms with Gasteiger partial charge in [0.05, 0.1) is 23.3 Å². The molecule has 0 spiro atoms. The molecule has 0 unspecified atom stereocenters. The maximum absolute atomic E-state index is 12.1. The van der Waals surface area contributed by atoms with Gasteiger partial charge < -0.3 is 10.2 Å². The van der Waals surface area contributed by atoms with Crippen molar-refractivity contribution in [2.24, 2.45) is 0 Å². The third-order valence-corrected chi connectivity index (χ3v) is 3.89. The molecule has 1 heterocycles. The van der Waals surface area contributed by atoms with E-state index in [9.17, 15) is 8.42 Å². The summed E-state index contributed by atoms with van der Waals surface area (Å²) in [6.45, 7) is 0.0184. The van der Waals surface area contributed by atoms with Crippen molar-refractivity contribution < 1.29 is 12.8 Å². The molecule has 1 aromatic carbocycles. The number of furan rings is 1. The van der Waals surface area contributed by atoms with Crippen molar-refractivity contribution in [1.29, 1.82) is 5.26 Å². The van der Waals surface area contributed by atoms with E-state index in [1.54, 1.807) is 12.1 Å². The van der Waals surface area contributed by atoms with Crippen LogP contribution in [0.25, 0.3) is 0 Å². The van der Waals surface area contributed by atoms with E-state index in [1.807, 2.05) is 6.07 Å². The minimum absolute atomic E-state index is 0.00643.